The van der Waals surface area contributed by atoms with Crippen LogP contribution in [0.3, 0.4) is 0 Å². The highest BCUT2D eigenvalue weighted by atomic mass is 32.2. The Hall–Kier alpha value is -2.38. The molecular weight excluding hydrogens is 376 g/mol. The standard InChI is InChI=1S/C21H24N2O4S/c1-28(25,26)23-11-2-3-19(23)21(24)22-14-15-4-6-16(7-5-15)17-8-9-20-18(13-17)10-12-27-20/h4-9,13,19H,2-3,10-12,14H2,1H3,(H,22,24)/t19-/m1/s1. The molecule has 0 saturated carbocycles. The molecule has 0 aliphatic carbocycles. The average Bonchev–Trinajstić information content (AvgIpc) is 3.35. The molecule has 1 saturated heterocycles. The Morgan fingerprint density at radius 1 is 1.18 bits per heavy atom. The van der Waals surface area contributed by atoms with E-state index in [1.54, 1.807) is 0 Å². The Bertz CT molecular complexity index is 986. The fourth-order valence-corrected chi connectivity index (χ4v) is 5.01. The monoisotopic (exact) mass is 400 g/mol. The number of nitrogens with one attached hydrogen (secondary N) is 1. The highest BCUT2D eigenvalue weighted by Gasteiger charge is 2.36. The van der Waals surface area contributed by atoms with Crippen molar-refractivity contribution >= 4 is 15.9 Å². The van der Waals surface area contributed by atoms with Gasteiger partial charge in [-0.1, -0.05) is 30.3 Å². The maximum Gasteiger partial charge on any atom is 0.238 e. The summed E-state index contributed by atoms with van der Waals surface area (Å²) in [5, 5.41) is 2.87. The van der Waals surface area contributed by atoms with E-state index in [0.717, 1.165) is 41.7 Å². The van der Waals surface area contributed by atoms with Crippen LogP contribution in [0.5, 0.6) is 5.75 Å². The molecule has 28 heavy (non-hydrogen) atoms. The number of carbonyl (C=O) groups excluding carboxylic acids is 1. The van der Waals surface area contributed by atoms with Crippen molar-refractivity contribution < 1.29 is 17.9 Å². The lowest BCUT2D eigenvalue weighted by Crippen LogP contribution is -2.45. The summed E-state index contributed by atoms with van der Waals surface area (Å²) in [6, 6.07) is 13.7. The Labute approximate surface area is 165 Å². The molecule has 2 aliphatic rings. The van der Waals surface area contributed by atoms with Gasteiger partial charge in [0.05, 0.1) is 12.9 Å². The van der Waals surface area contributed by atoms with Crippen LogP contribution in [-0.2, 0) is 27.8 Å². The number of hydrogen-bond donors (Lipinski definition) is 1. The Kier molecular flexibility index (Phi) is 5.12. The van der Waals surface area contributed by atoms with Crippen molar-refractivity contribution in [3.63, 3.8) is 0 Å². The van der Waals surface area contributed by atoms with E-state index in [-0.39, 0.29) is 5.91 Å². The fraction of sp³-hybridized carbons (Fsp3) is 0.381. The third kappa shape index (κ3) is 3.91. The van der Waals surface area contributed by atoms with Crippen LogP contribution in [0.2, 0.25) is 0 Å². The van der Waals surface area contributed by atoms with E-state index in [1.165, 1.54) is 9.87 Å². The van der Waals surface area contributed by atoms with Crippen LogP contribution in [-0.4, -0.2) is 44.1 Å². The number of fused-ring (bicyclic) bond motifs is 1. The minimum atomic E-state index is -3.36. The summed E-state index contributed by atoms with van der Waals surface area (Å²) in [6.45, 7) is 1.54. The van der Waals surface area contributed by atoms with Gasteiger partial charge in [0.25, 0.3) is 0 Å². The molecule has 0 aromatic heterocycles. The molecule has 6 nitrogen and oxygen atoms in total. The summed E-state index contributed by atoms with van der Waals surface area (Å²) in [4.78, 5) is 12.4. The second-order valence-corrected chi connectivity index (χ2v) is 9.30. The van der Waals surface area contributed by atoms with Gasteiger partial charge < -0.3 is 10.1 Å². The van der Waals surface area contributed by atoms with Crippen LogP contribution in [0.1, 0.15) is 24.0 Å². The van der Waals surface area contributed by atoms with E-state index in [9.17, 15) is 13.2 Å². The van der Waals surface area contributed by atoms with Gasteiger partial charge in [-0.25, -0.2) is 8.42 Å². The topological polar surface area (TPSA) is 75.7 Å². The van der Waals surface area contributed by atoms with Crippen LogP contribution in [0.25, 0.3) is 11.1 Å². The van der Waals surface area contributed by atoms with Crippen LogP contribution < -0.4 is 10.1 Å². The van der Waals surface area contributed by atoms with E-state index >= 15 is 0 Å². The fourth-order valence-electron chi connectivity index (χ4n) is 3.89. The number of benzene rings is 2. The summed E-state index contributed by atoms with van der Waals surface area (Å²) in [5.74, 6) is 0.740. The SMILES string of the molecule is CS(=O)(=O)N1CCC[C@@H]1C(=O)NCc1ccc(-c2ccc3c(c2)CCO3)cc1. The predicted octanol–water partition coefficient (Wildman–Crippen LogP) is 2.33. The van der Waals surface area contributed by atoms with Gasteiger partial charge in [-0.3, -0.25) is 4.79 Å². The number of rotatable bonds is 5. The van der Waals surface area contributed by atoms with Gasteiger partial charge >= 0.3 is 0 Å². The Balaban J connectivity index is 1.39. The second kappa shape index (κ2) is 7.56. The zero-order chi connectivity index (χ0) is 19.7. The first-order valence-corrected chi connectivity index (χ1v) is 11.4. The van der Waals surface area contributed by atoms with Crippen molar-refractivity contribution in [3.05, 3.63) is 53.6 Å². The molecule has 2 aliphatic heterocycles. The lowest BCUT2D eigenvalue weighted by Gasteiger charge is -2.21. The molecule has 0 unspecified atom stereocenters. The van der Waals surface area contributed by atoms with Crippen LogP contribution in [0, 0.1) is 0 Å². The molecule has 0 spiro atoms. The average molecular weight is 401 g/mol. The minimum Gasteiger partial charge on any atom is -0.493 e. The molecule has 1 atom stereocenters. The summed E-state index contributed by atoms with van der Waals surface area (Å²) in [7, 11) is -3.36. The van der Waals surface area contributed by atoms with Crippen LogP contribution in [0.4, 0.5) is 0 Å². The lowest BCUT2D eigenvalue weighted by atomic mass is 10.0. The zero-order valence-corrected chi connectivity index (χ0v) is 16.7. The highest BCUT2D eigenvalue weighted by molar-refractivity contribution is 7.88. The van der Waals surface area contributed by atoms with Gasteiger partial charge in [-0.2, -0.15) is 4.31 Å². The zero-order valence-electron chi connectivity index (χ0n) is 15.8. The second-order valence-electron chi connectivity index (χ2n) is 7.37. The molecule has 4 rings (SSSR count). The quantitative estimate of drug-likeness (QED) is 0.836. The van der Waals surface area contributed by atoms with Crippen molar-refractivity contribution in [2.75, 3.05) is 19.4 Å². The largest absolute Gasteiger partial charge is 0.493 e. The molecule has 1 fully saturated rings. The Morgan fingerprint density at radius 2 is 1.93 bits per heavy atom. The molecule has 1 amide bonds. The molecule has 148 valence electrons. The van der Waals surface area contributed by atoms with Gasteiger partial charge in [0.1, 0.15) is 11.8 Å². The normalized spacial score (nSPS) is 19.2. The molecule has 2 heterocycles. The number of sulfonamides is 1. The molecular formula is C21H24N2O4S. The smallest absolute Gasteiger partial charge is 0.238 e. The number of carbonyl (C=O) groups is 1. The van der Waals surface area contributed by atoms with Crippen molar-refractivity contribution in [2.24, 2.45) is 0 Å². The van der Waals surface area contributed by atoms with Crippen LogP contribution >= 0.6 is 0 Å². The molecule has 0 radical (unpaired) electrons. The number of ether oxygens (including phenoxy) is 1. The molecule has 1 N–H and O–H groups in total. The predicted molar refractivity (Wildman–Crippen MR) is 107 cm³/mol. The maximum absolute atomic E-state index is 12.4. The van der Waals surface area contributed by atoms with E-state index in [0.29, 0.717) is 25.9 Å². The van der Waals surface area contributed by atoms with Crippen molar-refractivity contribution in [3.8, 4) is 16.9 Å². The van der Waals surface area contributed by atoms with Gasteiger partial charge in [0, 0.05) is 19.5 Å². The van der Waals surface area contributed by atoms with Crippen molar-refractivity contribution in [1.82, 2.24) is 9.62 Å². The molecule has 2 aromatic carbocycles. The van der Waals surface area contributed by atoms with Gasteiger partial charge in [-0.15, -0.1) is 0 Å². The highest BCUT2D eigenvalue weighted by Crippen LogP contribution is 2.30. The van der Waals surface area contributed by atoms with Crippen molar-refractivity contribution in [2.45, 2.75) is 31.8 Å². The van der Waals surface area contributed by atoms with Gasteiger partial charge in [-0.05, 0) is 47.2 Å². The summed E-state index contributed by atoms with van der Waals surface area (Å²) >= 11 is 0. The van der Waals surface area contributed by atoms with E-state index in [2.05, 4.69) is 17.4 Å². The molecule has 2 aromatic rings. The van der Waals surface area contributed by atoms with E-state index < -0.39 is 16.1 Å². The molecule has 0 bridgehead atoms. The number of amides is 1. The van der Waals surface area contributed by atoms with E-state index in [4.69, 9.17) is 4.74 Å². The van der Waals surface area contributed by atoms with Crippen LogP contribution in [0.15, 0.2) is 42.5 Å². The first-order chi connectivity index (χ1) is 13.4. The summed E-state index contributed by atoms with van der Waals surface area (Å²) in [5.41, 5.74) is 4.48. The van der Waals surface area contributed by atoms with Crippen molar-refractivity contribution in [1.29, 1.82) is 0 Å². The first-order valence-electron chi connectivity index (χ1n) is 9.51. The maximum atomic E-state index is 12.4. The minimum absolute atomic E-state index is 0.231. The summed E-state index contributed by atoms with van der Waals surface area (Å²) in [6.07, 6.45) is 3.38. The van der Waals surface area contributed by atoms with E-state index in [1.807, 2.05) is 30.3 Å². The van der Waals surface area contributed by atoms with Gasteiger partial charge in [0.2, 0.25) is 15.9 Å². The third-order valence-electron chi connectivity index (χ3n) is 5.38. The number of hydrogen-bond acceptors (Lipinski definition) is 4. The number of nitrogens with zero attached hydrogens (tertiary/aromatic N) is 1. The third-order valence-corrected chi connectivity index (χ3v) is 6.66. The molecule has 7 heteroatoms. The first kappa shape index (κ1) is 19.0. The Morgan fingerprint density at radius 3 is 2.68 bits per heavy atom. The summed E-state index contributed by atoms with van der Waals surface area (Å²) < 4.78 is 30.5. The van der Waals surface area contributed by atoms with Gasteiger partial charge in [0.15, 0.2) is 0 Å². The lowest BCUT2D eigenvalue weighted by molar-refractivity contribution is -0.124.